The number of hydrogen-bond acceptors (Lipinski definition) is 5. The van der Waals surface area contributed by atoms with Crippen molar-refractivity contribution in [2.75, 3.05) is 22.6 Å². The van der Waals surface area contributed by atoms with Gasteiger partial charge in [0.05, 0.1) is 10.7 Å². The minimum absolute atomic E-state index is 0.0447. The highest BCUT2D eigenvalue weighted by atomic mass is 35.5. The molecule has 1 saturated heterocycles. The summed E-state index contributed by atoms with van der Waals surface area (Å²) in [4.78, 5) is 13.0. The molecular formula is C20H22ClFN4OS2. The highest BCUT2D eigenvalue weighted by Crippen LogP contribution is 2.47. The van der Waals surface area contributed by atoms with Crippen LogP contribution in [-0.4, -0.2) is 27.2 Å². The summed E-state index contributed by atoms with van der Waals surface area (Å²) in [5.41, 5.74) is 9.21. The van der Waals surface area contributed by atoms with Crippen molar-refractivity contribution < 1.29 is 9.18 Å². The third-order valence-corrected chi connectivity index (χ3v) is 8.33. The van der Waals surface area contributed by atoms with Crippen LogP contribution in [-0.2, 0) is 7.05 Å². The molecule has 2 heterocycles. The lowest BCUT2D eigenvalue weighted by molar-refractivity contribution is 0.102. The van der Waals surface area contributed by atoms with E-state index in [0.717, 1.165) is 25.0 Å². The molecule has 3 N–H and O–H groups in total. The summed E-state index contributed by atoms with van der Waals surface area (Å²) in [6, 6.07) is 4.08. The van der Waals surface area contributed by atoms with E-state index in [9.17, 15) is 9.18 Å². The Bertz CT molecular complexity index is 983. The molecule has 1 aromatic carbocycles. The number of aryl methyl sites for hydroxylation is 1. The van der Waals surface area contributed by atoms with Crippen molar-refractivity contribution in [3.8, 4) is 0 Å². The molecule has 4 rings (SSSR count). The maximum Gasteiger partial charge on any atom is 0.261 e. The smallest absolute Gasteiger partial charge is 0.261 e. The van der Waals surface area contributed by atoms with Gasteiger partial charge in [-0.3, -0.25) is 9.48 Å². The normalized spacial score (nSPS) is 19.6. The molecule has 9 heteroatoms. The van der Waals surface area contributed by atoms with Crippen molar-refractivity contribution in [3.63, 3.8) is 0 Å². The summed E-state index contributed by atoms with van der Waals surface area (Å²) in [5, 5.41) is 7.31. The summed E-state index contributed by atoms with van der Waals surface area (Å²) < 4.78 is 16.4. The lowest BCUT2D eigenvalue weighted by Gasteiger charge is -2.15. The van der Waals surface area contributed by atoms with Crippen LogP contribution in [0.25, 0.3) is 0 Å². The van der Waals surface area contributed by atoms with E-state index in [1.807, 2.05) is 23.5 Å². The molecule has 0 radical (unpaired) electrons. The molecule has 154 valence electrons. The number of allylic oxidation sites excluding steroid dienone is 1. The monoisotopic (exact) mass is 452 g/mol. The number of carbonyl (C=O) groups excluding carboxylic acids is 1. The molecule has 1 amide bonds. The maximum absolute atomic E-state index is 13.4. The number of anilines is 2. The first-order valence-corrected chi connectivity index (χ1v) is 11.9. The maximum atomic E-state index is 13.4. The first kappa shape index (κ1) is 20.6. The molecule has 29 heavy (non-hydrogen) atoms. The van der Waals surface area contributed by atoms with Gasteiger partial charge in [0, 0.05) is 22.9 Å². The van der Waals surface area contributed by atoms with Crippen LogP contribution in [0.4, 0.5) is 15.9 Å². The van der Waals surface area contributed by atoms with Gasteiger partial charge in [0.25, 0.3) is 5.91 Å². The SMILES string of the molecule is Cn1nc(C2CCC(=C3SCCCS3)C2)c(C(=O)Nc2ccc(F)c(Cl)c2)c1N. The van der Waals surface area contributed by atoms with Crippen molar-refractivity contribution in [1.82, 2.24) is 9.78 Å². The Morgan fingerprint density at radius 2 is 2.14 bits per heavy atom. The van der Waals surface area contributed by atoms with E-state index >= 15 is 0 Å². The summed E-state index contributed by atoms with van der Waals surface area (Å²) in [6.45, 7) is 0. The van der Waals surface area contributed by atoms with Crippen LogP contribution in [0, 0.1) is 5.82 Å². The average Bonchev–Trinajstić information content (AvgIpc) is 3.31. The number of rotatable bonds is 3. The second-order valence-electron chi connectivity index (χ2n) is 7.23. The molecule has 1 unspecified atom stereocenters. The fourth-order valence-electron chi connectivity index (χ4n) is 3.75. The Morgan fingerprint density at radius 3 is 2.86 bits per heavy atom. The van der Waals surface area contributed by atoms with Gasteiger partial charge >= 0.3 is 0 Å². The van der Waals surface area contributed by atoms with E-state index in [0.29, 0.717) is 17.1 Å². The van der Waals surface area contributed by atoms with Crippen LogP contribution < -0.4 is 11.1 Å². The van der Waals surface area contributed by atoms with E-state index in [2.05, 4.69) is 10.4 Å². The zero-order valence-electron chi connectivity index (χ0n) is 16.0. The van der Waals surface area contributed by atoms with Crippen LogP contribution in [0.1, 0.15) is 47.7 Å². The summed E-state index contributed by atoms with van der Waals surface area (Å²) >= 11 is 9.73. The lowest BCUT2D eigenvalue weighted by Crippen LogP contribution is -2.16. The van der Waals surface area contributed by atoms with Gasteiger partial charge in [0.2, 0.25) is 0 Å². The number of hydrogen-bond donors (Lipinski definition) is 2. The number of thioether (sulfide) groups is 2. The topological polar surface area (TPSA) is 72.9 Å². The fraction of sp³-hybridized carbons (Fsp3) is 0.400. The average molecular weight is 453 g/mol. The van der Waals surface area contributed by atoms with E-state index in [1.165, 1.54) is 45.9 Å². The van der Waals surface area contributed by atoms with Gasteiger partial charge < -0.3 is 11.1 Å². The second kappa shape index (κ2) is 8.62. The molecule has 1 aliphatic carbocycles. The first-order chi connectivity index (χ1) is 13.9. The molecule has 0 bridgehead atoms. The van der Waals surface area contributed by atoms with Gasteiger partial charge in [0.1, 0.15) is 17.2 Å². The van der Waals surface area contributed by atoms with E-state index in [-0.39, 0.29) is 16.8 Å². The Hall–Kier alpha value is -1.64. The molecule has 5 nitrogen and oxygen atoms in total. The van der Waals surface area contributed by atoms with Crippen molar-refractivity contribution in [3.05, 3.63) is 50.1 Å². The Morgan fingerprint density at radius 1 is 1.38 bits per heavy atom. The minimum Gasteiger partial charge on any atom is -0.383 e. The third-order valence-electron chi connectivity index (χ3n) is 5.24. The third kappa shape index (κ3) is 4.29. The Balaban J connectivity index is 1.58. The number of nitrogens with one attached hydrogen (secondary N) is 1. The molecule has 2 fully saturated rings. The van der Waals surface area contributed by atoms with Crippen molar-refractivity contribution in [2.45, 2.75) is 31.6 Å². The highest BCUT2D eigenvalue weighted by molar-refractivity contribution is 8.22. The zero-order valence-corrected chi connectivity index (χ0v) is 18.4. The first-order valence-electron chi connectivity index (χ1n) is 9.50. The van der Waals surface area contributed by atoms with Gasteiger partial charge in [-0.1, -0.05) is 11.6 Å². The number of aromatic nitrogens is 2. The largest absolute Gasteiger partial charge is 0.383 e. The number of nitrogens with zero attached hydrogens (tertiary/aromatic N) is 2. The van der Waals surface area contributed by atoms with Gasteiger partial charge in [-0.2, -0.15) is 5.10 Å². The fourth-order valence-corrected chi connectivity index (χ4v) is 6.67. The predicted molar refractivity (Wildman–Crippen MR) is 120 cm³/mol. The van der Waals surface area contributed by atoms with Crippen molar-refractivity contribution >= 4 is 52.5 Å². The summed E-state index contributed by atoms with van der Waals surface area (Å²) in [5.74, 6) is 1.98. The number of halogens is 2. The van der Waals surface area contributed by atoms with Gasteiger partial charge in [-0.25, -0.2) is 4.39 Å². The number of nitrogen functional groups attached to an aromatic ring is 1. The summed E-state index contributed by atoms with van der Waals surface area (Å²) in [7, 11) is 1.74. The van der Waals surface area contributed by atoms with E-state index in [1.54, 1.807) is 11.7 Å². The Labute approximate surface area is 182 Å². The van der Waals surface area contributed by atoms with Gasteiger partial charge in [-0.05, 0) is 61.0 Å². The minimum atomic E-state index is -0.531. The van der Waals surface area contributed by atoms with Gasteiger partial charge in [0.15, 0.2) is 0 Å². The molecule has 1 aromatic heterocycles. The molecular weight excluding hydrogens is 431 g/mol. The second-order valence-corrected chi connectivity index (χ2v) is 10.1. The van der Waals surface area contributed by atoms with Crippen LogP contribution in [0.2, 0.25) is 5.02 Å². The Kier molecular flexibility index (Phi) is 6.13. The standard InChI is InChI=1S/C20H22ClFN4OS2/c1-26-18(23)16(19(27)24-13-5-6-15(22)14(21)10-13)17(25-26)11-3-4-12(9-11)20-28-7-2-8-29-20/h5-6,10-11H,2-4,7-9,23H2,1H3,(H,24,27). The van der Waals surface area contributed by atoms with Crippen molar-refractivity contribution in [1.29, 1.82) is 0 Å². The van der Waals surface area contributed by atoms with E-state index < -0.39 is 5.82 Å². The van der Waals surface area contributed by atoms with Crippen LogP contribution in [0.3, 0.4) is 0 Å². The number of nitrogens with two attached hydrogens (primary N) is 1. The van der Waals surface area contributed by atoms with Gasteiger partial charge in [-0.15, -0.1) is 23.5 Å². The van der Waals surface area contributed by atoms with Crippen LogP contribution in [0.15, 0.2) is 28.0 Å². The zero-order chi connectivity index (χ0) is 20.5. The molecule has 2 aromatic rings. The molecule has 1 atom stereocenters. The number of benzene rings is 1. The molecule has 1 aliphatic heterocycles. The predicted octanol–water partition coefficient (Wildman–Crippen LogP) is 5.40. The quantitative estimate of drug-likeness (QED) is 0.652. The molecule has 2 aliphatic rings. The number of amides is 1. The van der Waals surface area contributed by atoms with Crippen LogP contribution >= 0.6 is 35.1 Å². The number of carbonyl (C=O) groups is 1. The summed E-state index contributed by atoms with van der Waals surface area (Å²) in [6.07, 6.45) is 4.16. The van der Waals surface area contributed by atoms with Crippen LogP contribution in [0.5, 0.6) is 0 Å². The molecule has 1 saturated carbocycles. The van der Waals surface area contributed by atoms with Crippen molar-refractivity contribution in [2.24, 2.45) is 7.05 Å². The highest BCUT2D eigenvalue weighted by Gasteiger charge is 2.32. The molecule has 0 spiro atoms. The van der Waals surface area contributed by atoms with E-state index in [4.69, 9.17) is 17.3 Å². The lowest BCUT2D eigenvalue weighted by atomic mass is 9.99.